The summed E-state index contributed by atoms with van der Waals surface area (Å²) < 4.78 is 0. The zero-order valence-corrected chi connectivity index (χ0v) is 7.72. The molecular formula is C9H13NO4. The van der Waals surface area contributed by atoms with Crippen LogP contribution in [0.3, 0.4) is 0 Å². The lowest BCUT2D eigenvalue weighted by Crippen LogP contribution is -2.44. The number of hydrogen-bond acceptors (Lipinski definition) is 3. The van der Waals surface area contributed by atoms with Crippen molar-refractivity contribution < 1.29 is 19.8 Å². The van der Waals surface area contributed by atoms with Crippen LogP contribution in [-0.2, 0) is 9.59 Å². The van der Waals surface area contributed by atoms with E-state index in [-0.39, 0.29) is 24.8 Å². The molecule has 0 spiro atoms. The Morgan fingerprint density at radius 3 is 2.50 bits per heavy atom. The number of aliphatic carboxylic acids is 1. The molecule has 2 fully saturated rings. The first-order valence-electron chi connectivity index (χ1n) is 4.80. The maximum Gasteiger partial charge on any atom is 0.326 e. The van der Waals surface area contributed by atoms with Gasteiger partial charge in [0.2, 0.25) is 5.91 Å². The maximum absolute atomic E-state index is 11.4. The molecule has 5 heteroatoms. The molecule has 2 rings (SSSR count). The average Bonchev–Trinajstić information content (AvgIpc) is 2.81. The van der Waals surface area contributed by atoms with Crippen LogP contribution in [0.5, 0.6) is 0 Å². The number of carboxylic acids is 1. The van der Waals surface area contributed by atoms with Crippen LogP contribution < -0.4 is 0 Å². The number of likely N-dealkylation sites (tertiary alicyclic amines) is 1. The summed E-state index contributed by atoms with van der Waals surface area (Å²) in [6.45, 7) is 0.173. The number of aliphatic hydroxyl groups is 1. The van der Waals surface area contributed by atoms with Crippen LogP contribution in [0, 0.1) is 5.92 Å². The molecule has 0 aromatic rings. The predicted molar refractivity (Wildman–Crippen MR) is 46.5 cm³/mol. The minimum absolute atomic E-state index is 0.0660. The highest BCUT2D eigenvalue weighted by Crippen LogP contribution is 2.36. The molecule has 1 unspecified atom stereocenters. The molecule has 1 aliphatic carbocycles. The van der Waals surface area contributed by atoms with Crippen molar-refractivity contribution in [1.29, 1.82) is 0 Å². The molecule has 0 bridgehead atoms. The Labute approximate surface area is 81.3 Å². The zero-order chi connectivity index (χ0) is 10.3. The SMILES string of the molecule is O=C(O)[C@H](C1CC1)N1CC(O)CC1=O. The molecule has 2 N–H and O–H groups in total. The van der Waals surface area contributed by atoms with Gasteiger partial charge in [0.25, 0.3) is 0 Å². The van der Waals surface area contributed by atoms with Gasteiger partial charge in [0.05, 0.1) is 12.5 Å². The molecule has 5 nitrogen and oxygen atoms in total. The summed E-state index contributed by atoms with van der Waals surface area (Å²) in [6.07, 6.45) is 1.12. The van der Waals surface area contributed by atoms with Crippen molar-refractivity contribution in [3.05, 3.63) is 0 Å². The Morgan fingerprint density at radius 2 is 2.14 bits per heavy atom. The van der Waals surface area contributed by atoms with E-state index >= 15 is 0 Å². The molecule has 1 saturated heterocycles. The fourth-order valence-corrected chi connectivity index (χ4v) is 1.98. The van der Waals surface area contributed by atoms with E-state index in [4.69, 9.17) is 5.11 Å². The van der Waals surface area contributed by atoms with Gasteiger partial charge in [0, 0.05) is 6.54 Å². The molecule has 2 aliphatic rings. The molecule has 1 saturated carbocycles. The molecule has 2 atom stereocenters. The van der Waals surface area contributed by atoms with Gasteiger partial charge in [-0.2, -0.15) is 0 Å². The second-order valence-electron chi connectivity index (χ2n) is 4.02. The number of rotatable bonds is 3. The van der Waals surface area contributed by atoms with Crippen LogP contribution >= 0.6 is 0 Å². The van der Waals surface area contributed by atoms with E-state index in [0.29, 0.717) is 0 Å². The van der Waals surface area contributed by atoms with Gasteiger partial charge in [0.1, 0.15) is 6.04 Å². The summed E-state index contributed by atoms with van der Waals surface area (Å²) >= 11 is 0. The third-order valence-corrected chi connectivity index (χ3v) is 2.80. The van der Waals surface area contributed by atoms with Gasteiger partial charge in [-0.25, -0.2) is 4.79 Å². The van der Waals surface area contributed by atoms with Crippen molar-refractivity contribution in [2.45, 2.75) is 31.4 Å². The number of carbonyl (C=O) groups is 2. The fourth-order valence-electron chi connectivity index (χ4n) is 1.98. The van der Waals surface area contributed by atoms with E-state index < -0.39 is 18.1 Å². The summed E-state index contributed by atoms with van der Waals surface area (Å²) in [5, 5.41) is 18.2. The molecular weight excluding hydrogens is 186 g/mol. The van der Waals surface area contributed by atoms with E-state index in [0.717, 1.165) is 12.8 Å². The summed E-state index contributed by atoms with van der Waals surface area (Å²) in [4.78, 5) is 23.6. The van der Waals surface area contributed by atoms with Crippen molar-refractivity contribution in [3.8, 4) is 0 Å². The topological polar surface area (TPSA) is 77.8 Å². The number of carbonyl (C=O) groups excluding carboxylic acids is 1. The molecule has 1 amide bonds. The molecule has 0 radical (unpaired) electrons. The first-order chi connectivity index (χ1) is 6.59. The van der Waals surface area contributed by atoms with E-state index in [1.807, 2.05) is 0 Å². The zero-order valence-electron chi connectivity index (χ0n) is 7.72. The minimum Gasteiger partial charge on any atom is -0.480 e. The number of nitrogens with zero attached hydrogens (tertiary/aromatic N) is 1. The summed E-state index contributed by atoms with van der Waals surface area (Å²) in [5.41, 5.74) is 0. The average molecular weight is 199 g/mol. The Morgan fingerprint density at radius 1 is 1.50 bits per heavy atom. The predicted octanol–water partition coefficient (Wildman–Crippen LogP) is -0.557. The lowest BCUT2D eigenvalue weighted by atomic mass is 10.1. The minimum atomic E-state index is -0.949. The standard InChI is InChI=1S/C9H13NO4/c11-6-3-7(12)10(4-6)8(9(13)14)5-1-2-5/h5-6,8,11H,1-4H2,(H,13,14)/t6?,8-/m0/s1. The van der Waals surface area contributed by atoms with E-state index in [2.05, 4.69) is 0 Å². The van der Waals surface area contributed by atoms with Crippen molar-refractivity contribution in [2.75, 3.05) is 6.54 Å². The van der Waals surface area contributed by atoms with Gasteiger partial charge < -0.3 is 15.1 Å². The summed E-state index contributed by atoms with van der Waals surface area (Å²) in [7, 11) is 0. The number of carboxylic acid groups (broad SMARTS) is 1. The number of amides is 1. The van der Waals surface area contributed by atoms with Gasteiger partial charge in [-0.3, -0.25) is 4.79 Å². The molecule has 1 aliphatic heterocycles. The number of aliphatic hydroxyl groups excluding tert-OH is 1. The molecule has 0 aromatic carbocycles. The Balaban J connectivity index is 2.10. The van der Waals surface area contributed by atoms with E-state index in [1.54, 1.807) is 0 Å². The Hall–Kier alpha value is -1.10. The second kappa shape index (κ2) is 3.24. The largest absolute Gasteiger partial charge is 0.480 e. The molecule has 0 aromatic heterocycles. The van der Waals surface area contributed by atoms with Crippen LogP contribution in [0.1, 0.15) is 19.3 Å². The van der Waals surface area contributed by atoms with Crippen molar-refractivity contribution >= 4 is 11.9 Å². The quantitative estimate of drug-likeness (QED) is 0.639. The highest BCUT2D eigenvalue weighted by atomic mass is 16.4. The van der Waals surface area contributed by atoms with Crippen LogP contribution in [0.2, 0.25) is 0 Å². The normalized spacial score (nSPS) is 29.4. The lowest BCUT2D eigenvalue weighted by Gasteiger charge is -2.23. The van der Waals surface area contributed by atoms with Crippen molar-refractivity contribution in [3.63, 3.8) is 0 Å². The van der Waals surface area contributed by atoms with E-state index in [1.165, 1.54) is 4.90 Å². The monoisotopic (exact) mass is 199 g/mol. The molecule has 1 heterocycles. The second-order valence-corrected chi connectivity index (χ2v) is 4.02. The van der Waals surface area contributed by atoms with Crippen molar-refractivity contribution in [1.82, 2.24) is 4.90 Å². The first kappa shape index (κ1) is 9.45. The summed E-state index contributed by atoms with van der Waals surface area (Å²) in [6, 6.07) is -0.709. The highest BCUT2D eigenvalue weighted by Gasteiger charge is 2.45. The maximum atomic E-state index is 11.4. The first-order valence-corrected chi connectivity index (χ1v) is 4.80. The third kappa shape index (κ3) is 1.59. The molecule has 14 heavy (non-hydrogen) atoms. The van der Waals surface area contributed by atoms with Gasteiger partial charge in [-0.15, -0.1) is 0 Å². The Bertz CT molecular complexity index is 274. The molecule has 78 valence electrons. The van der Waals surface area contributed by atoms with Crippen LogP contribution in [0.4, 0.5) is 0 Å². The fraction of sp³-hybridized carbons (Fsp3) is 0.778. The summed E-state index contributed by atoms with van der Waals surface area (Å²) in [5.74, 6) is -1.09. The third-order valence-electron chi connectivity index (χ3n) is 2.80. The van der Waals surface area contributed by atoms with Crippen molar-refractivity contribution in [2.24, 2.45) is 5.92 Å². The van der Waals surface area contributed by atoms with Gasteiger partial charge in [0.15, 0.2) is 0 Å². The van der Waals surface area contributed by atoms with E-state index in [9.17, 15) is 14.7 Å². The smallest absolute Gasteiger partial charge is 0.326 e. The van der Waals surface area contributed by atoms with Crippen LogP contribution in [0.15, 0.2) is 0 Å². The van der Waals surface area contributed by atoms with Gasteiger partial charge in [-0.05, 0) is 18.8 Å². The van der Waals surface area contributed by atoms with Crippen LogP contribution in [0.25, 0.3) is 0 Å². The number of β-amino-alcohol motifs (C(OH)–C–C–N with tert-alkyl or cyclic N) is 1. The lowest BCUT2D eigenvalue weighted by molar-refractivity contribution is -0.149. The highest BCUT2D eigenvalue weighted by molar-refractivity contribution is 5.86. The van der Waals surface area contributed by atoms with Gasteiger partial charge in [-0.1, -0.05) is 0 Å². The Kier molecular flexibility index (Phi) is 2.19. The number of hydrogen-bond donors (Lipinski definition) is 2. The van der Waals surface area contributed by atoms with Gasteiger partial charge >= 0.3 is 5.97 Å². The van der Waals surface area contributed by atoms with Crippen LogP contribution in [-0.4, -0.2) is 45.7 Å².